The lowest BCUT2D eigenvalue weighted by Crippen LogP contribution is -2.19. The maximum atomic E-state index is 12.2. The first-order valence-electron chi connectivity index (χ1n) is 10.6. The van der Waals surface area contributed by atoms with Gasteiger partial charge in [-0.3, -0.25) is 14.4 Å². The number of Topliss-reactive ketones (excluding diaryl/α,β-unsaturated/α-hetero) is 1. The summed E-state index contributed by atoms with van der Waals surface area (Å²) in [6.07, 6.45) is 13.0. The van der Waals surface area contributed by atoms with E-state index in [2.05, 4.69) is 6.92 Å². The van der Waals surface area contributed by atoms with E-state index in [1.54, 1.807) is 12.2 Å². The van der Waals surface area contributed by atoms with Gasteiger partial charge < -0.3 is 10.2 Å². The highest BCUT2D eigenvalue weighted by atomic mass is 16.4. The van der Waals surface area contributed by atoms with Gasteiger partial charge in [0, 0.05) is 31.1 Å². The molecule has 0 bridgehead atoms. The predicted octanol–water partition coefficient (Wildman–Crippen LogP) is 4.46. The van der Waals surface area contributed by atoms with Crippen molar-refractivity contribution in [2.75, 3.05) is 0 Å². The van der Waals surface area contributed by atoms with E-state index in [1.807, 2.05) is 0 Å². The lowest BCUT2D eigenvalue weighted by atomic mass is 9.88. The largest absolute Gasteiger partial charge is 0.481 e. The van der Waals surface area contributed by atoms with E-state index in [4.69, 9.17) is 5.11 Å². The zero-order chi connectivity index (χ0) is 20.1. The minimum Gasteiger partial charge on any atom is -0.481 e. The molecule has 0 amide bonds. The smallest absolute Gasteiger partial charge is 0.303 e. The number of aliphatic carboxylic acids is 1. The van der Waals surface area contributed by atoms with Crippen molar-refractivity contribution in [3.05, 3.63) is 12.2 Å². The number of allylic oxidation sites excluding steroid dienone is 1. The van der Waals surface area contributed by atoms with Crippen molar-refractivity contribution in [3.63, 3.8) is 0 Å². The van der Waals surface area contributed by atoms with Crippen LogP contribution >= 0.6 is 0 Å². The quantitative estimate of drug-likeness (QED) is 0.323. The molecule has 0 saturated heterocycles. The van der Waals surface area contributed by atoms with Gasteiger partial charge in [-0.05, 0) is 25.3 Å². The van der Waals surface area contributed by atoms with Crippen LogP contribution < -0.4 is 0 Å². The molecule has 3 atom stereocenters. The Morgan fingerprint density at radius 3 is 2.30 bits per heavy atom. The molecule has 1 saturated carbocycles. The second kappa shape index (κ2) is 13.6. The number of carbonyl (C=O) groups excluding carboxylic acids is 2. The molecule has 1 fully saturated rings. The number of aliphatic hydroxyl groups is 1. The summed E-state index contributed by atoms with van der Waals surface area (Å²) in [5.41, 5.74) is 0. The fourth-order valence-corrected chi connectivity index (χ4v) is 3.79. The molecule has 0 spiro atoms. The first-order chi connectivity index (χ1) is 13.0. The molecule has 2 N–H and O–H groups in total. The summed E-state index contributed by atoms with van der Waals surface area (Å²) in [6.45, 7) is 2.16. The normalized spacial score (nSPS) is 22.6. The third-order valence-corrected chi connectivity index (χ3v) is 5.42. The van der Waals surface area contributed by atoms with Gasteiger partial charge in [-0.2, -0.15) is 0 Å². The summed E-state index contributed by atoms with van der Waals surface area (Å²) in [5, 5.41) is 18.8. The Hall–Kier alpha value is -1.49. The van der Waals surface area contributed by atoms with Gasteiger partial charge in [0.05, 0.1) is 6.10 Å². The summed E-state index contributed by atoms with van der Waals surface area (Å²) >= 11 is 0. The number of hydrogen-bond donors (Lipinski definition) is 2. The zero-order valence-corrected chi connectivity index (χ0v) is 16.7. The van der Waals surface area contributed by atoms with Crippen LogP contribution in [0.5, 0.6) is 0 Å². The molecule has 5 heteroatoms. The van der Waals surface area contributed by atoms with Gasteiger partial charge in [0.25, 0.3) is 0 Å². The van der Waals surface area contributed by atoms with Crippen LogP contribution in [0, 0.1) is 11.8 Å². The Morgan fingerprint density at radius 2 is 1.63 bits per heavy atom. The van der Waals surface area contributed by atoms with Crippen LogP contribution in [-0.4, -0.2) is 33.9 Å². The number of carboxylic acid groups (broad SMARTS) is 1. The van der Waals surface area contributed by atoms with Crippen LogP contribution in [0.3, 0.4) is 0 Å². The molecule has 5 nitrogen and oxygen atoms in total. The van der Waals surface area contributed by atoms with Crippen molar-refractivity contribution in [2.45, 2.75) is 96.5 Å². The van der Waals surface area contributed by atoms with Gasteiger partial charge in [-0.15, -0.1) is 0 Å². The number of carbonyl (C=O) groups is 3. The van der Waals surface area contributed by atoms with Crippen LogP contribution in [0.25, 0.3) is 0 Å². The van der Waals surface area contributed by atoms with E-state index in [-0.39, 0.29) is 36.2 Å². The van der Waals surface area contributed by atoms with Gasteiger partial charge in [-0.25, -0.2) is 0 Å². The molecular formula is C22H36O5. The highest BCUT2D eigenvalue weighted by Crippen LogP contribution is 2.34. The molecule has 0 unspecified atom stereocenters. The third kappa shape index (κ3) is 9.85. The van der Waals surface area contributed by atoms with Crippen LogP contribution in [-0.2, 0) is 14.4 Å². The van der Waals surface area contributed by atoms with Crippen molar-refractivity contribution in [2.24, 2.45) is 11.8 Å². The highest BCUT2D eigenvalue weighted by Gasteiger charge is 2.39. The number of rotatable bonds is 15. The second-order valence-electron chi connectivity index (χ2n) is 7.76. The van der Waals surface area contributed by atoms with Crippen LogP contribution in [0.2, 0.25) is 0 Å². The van der Waals surface area contributed by atoms with Gasteiger partial charge in [0.15, 0.2) is 5.78 Å². The molecular weight excluding hydrogens is 344 g/mol. The molecule has 0 heterocycles. The fraction of sp³-hybridized carbons (Fsp3) is 0.773. The van der Waals surface area contributed by atoms with Crippen LogP contribution in [0.1, 0.15) is 90.4 Å². The molecule has 154 valence electrons. The Balaban J connectivity index is 2.36. The molecule has 1 aliphatic carbocycles. The highest BCUT2D eigenvalue weighted by molar-refractivity contribution is 5.90. The van der Waals surface area contributed by atoms with Crippen LogP contribution in [0.4, 0.5) is 0 Å². The average molecular weight is 381 g/mol. The van der Waals surface area contributed by atoms with Gasteiger partial charge >= 0.3 is 5.97 Å². The van der Waals surface area contributed by atoms with Crippen molar-refractivity contribution >= 4 is 17.5 Å². The molecule has 0 aliphatic heterocycles. The third-order valence-electron chi connectivity index (χ3n) is 5.42. The van der Waals surface area contributed by atoms with E-state index in [1.165, 1.54) is 12.8 Å². The van der Waals surface area contributed by atoms with E-state index >= 15 is 0 Å². The monoisotopic (exact) mass is 380 g/mol. The van der Waals surface area contributed by atoms with E-state index in [0.29, 0.717) is 19.3 Å². The van der Waals surface area contributed by atoms with Crippen molar-refractivity contribution in [3.8, 4) is 0 Å². The van der Waals surface area contributed by atoms with Crippen molar-refractivity contribution < 1.29 is 24.6 Å². The Labute approximate surface area is 163 Å². The number of ketones is 2. The average Bonchev–Trinajstić information content (AvgIpc) is 2.88. The lowest BCUT2D eigenvalue weighted by Gasteiger charge is -2.17. The summed E-state index contributed by atoms with van der Waals surface area (Å²) in [7, 11) is 0. The van der Waals surface area contributed by atoms with Crippen molar-refractivity contribution in [1.29, 1.82) is 0 Å². The summed E-state index contributed by atoms with van der Waals surface area (Å²) < 4.78 is 0. The Bertz CT molecular complexity index is 497. The number of aliphatic hydroxyl groups excluding tert-OH is 1. The minimum atomic E-state index is -0.774. The fourth-order valence-electron chi connectivity index (χ4n) is 3.79. The molecule has 1 aliphatic rings. The number of unbranched alkanes of at least 4 members (excludes halogenated alkanes) is 7. The summed E-state index contributed by atoms with van der Waals surface area (Å²) in [5.74, 6) is -1.10. The maximum absolute atomic E-state index is 12.2. The van der Waals surface area contributed by atoms with Crippen molar-refractivity contribution in [1.82, 2.24) is 0 Å². The number of carboxylic acids is 1. The Morgan fingerprint density at radius 1 is 1.00 bits per heavy atom. The topological polar surface area (TPSA) is 91.7 Å². The summed E-state index contributed by atoms with van der Waals surface area (Å²) in [6, 6.07) is 0. The van der Waals surface area contributed by atoms with E-state index < -0.39 is 12.1 Å². The van der Waals surface area contributed by atoms with Crippen LogP contribution in [0.15, 0.2) is 12.2 Å². The zero-order valence-electron chi connectivity index (χ0n) is 16.7. The first kappa shape index (κ1) is 23.5. The summed E-state index contributed by atoms with van der Waals surface area (Å²) in [4.78, 5) is 34.7. The lowest BCUT2D eigenvalue weighted by molar-refractivity contribution is -0.137. The predicted molar refractivity (Wildman–Crippen MR) is 105 cm³/mol. The van der Waals surface area contributed by atoms with E-state index in [9.17, 15) is 19.5 Å². The maximum Gasteiger partial charge on any atom is 0.303 e. The second-order valence-corrected chi connectivity index (χ2v) is 7.76. The Kier molecular flexibility index (Phi) is 11.9. The van der Waals surface area contributed by atoms with Gasteiger partial charge in [0.2, 0.25) is 0 Å². The molecule has 27 heavy (non-hydrogen) atoms. The van der Waals surface area contributed by atoms with Gasteiger partial charge in [0.1, 0.15) is 5.78 Å². The standard InChI is InChI=1S/C22H36O5/c1-2-3-4-5-8-11-17(23)14-15-19-18(20(24)16-21(19)25)12-9-6-7-10-13-22(26)27/h14-15,18-19,21,25H,2-13,16H2,1H3,(H,26,27)/t18-,19-,21-/m1/s1. The molecule has 0 aromatic carbocycles. The molecule has 0 aromatic rings. The van der Waals surface area contributed by atoms with Gasteiger partial charge in [-0.1, -0.05) is 57.9 Å². The molecule has 0 radical (unpaired) electrons. The first-order valence-corrected chi connectivity index (χ1v) is 10.6. The molecule has 1 rings (SSSR count). The SMILES string of the molecule is CCCCCCCC(=O)C=C[C@H]1[C@H](O)CC(=O)[C@@H]1CCCCCCC(=O)O. The molecule has 0 aromatic heterocycles. The minimum absolute atomic E-state index is 0.0745. The van der Waals surface area contributed by atoms with E-state index in [0.717, 1.165) is 38.5 Å². The number of hydrogen-bond acceptors (Lipinski definition) is 4.